The molecule has 0 saturated heterocycles. The summed E-state index contributed by atoms with van der Waals surface area (Å²) in [5.41, 5.74) is 0.762. The van der Waals surface area contributed by atoms with E-state index in [9.17, 15) is 0 Å². The van der Waals surface area contributed by atoms with Gasteiger partial charge in [-0.1, -0.05) is 17.3 Å². The molecule has 3 nitrogen and oxygen atoms in total. The first-order valence-corrected chi connectivity index (χ1v) is 3.19. The molecule has 0 unspecified atom stereocenters. The predicted octanol–water partition coefficient (Wildman–Crippen LogP) is 1.50. The lowest BCUT2D eigenvalue weighted by Crippen LogP contribution is -1.89. The highest BCUT2D eigenvalue weighted by molar-refractivity contribution is 5.82. The van der Waals surface area contributed by atoms with Crippen molar-refractivity contribution in [3.8, 4) is 5.75 Å². The molecule has 0 amide bonds. The van der Waals surface area contributed by atoms with Crippen molar-refractivity contribution in [3.63, 3.8) is 0 Å². The Kier molecular flexibility index (Phi) is 2.49. The summed E-state index contributed by atoms with van der Waals surface area (Å²) >= 11 is 0. The topological polar surface area (TPSA) is 41.8 Å². The molecule has 0 aliphatic heterocycles. The van der Waals surface area contributed by atoms with Crippen LogP contribution in [0.15, 0.2) is 29.4 Å². The molecule has 0 radical (unpaired) electrons. The Morgan fingerprint density at radius 3 is 2.82 bits per heavy atom. The van der Waals surface area contributed by atoms with Gasteiger partial charge in [0.25, 0.3) is 0 Å². The summed E-state index contributed by atoms with van der Waals surface area (Å²) < 4.78 is 5.00. The fourth-order valence-corrected chi connectivity index (χ4v) is 0.835. The third-order valence-corrected chi connectivity index (χ3v) is 1.34. The van der Waals surface area contributed by atoms with Crippen LogP contribution in [0.2, 0.25) is 0 Å². The van der Waals surface area contributed by atoms with Gasteiger partial charge in [-0.3, -0.25) is 0 Å². The molecule has 1 rings (SSSR count). The van der Waals surface area contributed by atoms with Crippen LogP contribution >= 0.6 is 0 Å². The van der Waals surface area contributed by atoms with Gasteiger partial charge < -0.3 is 9.94 Å². The maximum absolute atomic E-state index is 8.25. The largest absolute Gasteiger partial charge is 0.496 e. The Labute approximate surface area is 64.9 Å². The number of rotatable bonds is 2. The molecule has 1 N–H and O–H groups in total. The summed E-state index contributed by atoms with van der Waals surface area (Å²) in [5.74, 6) is 0.699. The van der Waals surface area contributed by atoms with Crippen molar-refractivity contribution in [1.82, 2.24) is 0 Å². The quantitative estimate of drug-likeness (QED) is 0.395. The lowest BCUT2D eigenvalue weighted by Gasteiger charge is -2.01. The second-order valence-electron chi connectivity index (χ2n) is 1.99. The van der Waals surface area contributed by atoms with Gasteiger partial charge in [0.05, 0.1) is 13.3 Å². The Hall–Kier alpha value is -1.51. The summed E-state index contributed by atoms with van der Waals surface area (Å²) in [6.07, 6.45) is 1.33. The van der Waals surface area contributed by atoms with Crippen molar-refractivity contribution in [1.29, 1.82) is 0 Å². The van der Waals surface area contributed by atoms with Crippen LogP contribution < -0.4 is 4.74 Å². The van der Waals surface area contributed by atoms with Gasteiger partial charge in [-0.2, -0.15) is 0 Å². The van der Waals surface area contributed by atoms with Gasteiger partial charge in [-0.25, -0.2) is 0 Å². The molecular weight excluding hydrogens is 142 g/mol. The van der Waals surface area contributed by atoms with Crippen molar-refractivity contribution < 1.29 is 9.94 Å². The Morgan fingerprint density at radius 1 is 1.45 bits per heavy atom. The maximum atomic E-state index is 8.25. The van der Waals surface area contributed by atoms with Gasteiger partial charge in [-0.05, 0) is 12.1 Å². The summed E-state index contributed by atoms with van der Waals surface area (Å²) in [7, 11) is 1.57. The summed E-state index contributed by atoms with van der Waals surface area (Å²) in [5, 5.41) is 11.2. The molecule has 0 spiro atoms. The predicted molar refractivity (Wildman–Crippen MR) is 42.4 cm³/mol. The van der Waals surface area contributed by atoms with Crippen LogP contribution in [0.3, 0.4) is 0 Å². The number of hydrogen-bond donors (Lipinski definition) is 1. The third kappa shape index (κ3) is 1.70. The molecule has 0 aliphatic rings. The first kappa shape index (κ1) is 7.60. The van der Waals surface area contributed by atoms with Crippen molar-refractivity contribution in [2.24, 2.45) is 5.16 Å². The zero-order valence-corrected chi connectivity index (χ0v) is 6.19. The molecular formula is C8H9NO2. The van der Waals surface area contributed by atoms with Crippen molar-refractivity contribution in [2.75, 3.05) is 7.11 Å². The first-order chi connectivity index (χ1) is 5.38. The Bertz CT molecular complexity index is 258. The second kappa shape index (κ2) is 3.61. The summed E-state index contributed by atoms with van der Waals surface area (Å²) in [6.45, 7) is 0. The smallest absolute Gasteiger partial charge is 0.127 e. The number of para-hydroxylation sites is 1. The van der Waals surface area contributed by atoms with E-state index in [4.69, 9.17) is 9.94 Å². The zero-order chi connectivity index (χ0) is 8.10. The molecule has 0 atom stereocenters. The van der Waals surface area contributed by atoms with Gasteiger partial charge in [0, 0.05) is 5.56 Å². The van der Waals surface area contributed by atoms with Crippen molar-refractivity contribution >= 4 is 6.21 Å². The average Bonchev–Trinajstić information content (AvgIpc) is 2.06. The maximum Gasteiger partial charge on any atom is 0.127 e. The normalized spacial score (nSPS) is 10.3. The monoisotopic (exact) mass is 151 g/mol. The minimum atomic E-state index is 0.699. The van der Waals surface area contributed by atoms with Crippen LogP contribution in [0.25, 0.3) is 0 Å². The minimum Gasteiger partial charge on any atom is -0.496 e. The van der Waals surface area contributed by atoms with E-state index in [1.807, 2.05) is 12.1 Å². The molecule has 58 valence electrons. The van der Waals surface area contributed by atoms with E-state index in [1.165, 1.54) is 6.21 Å². The van der Waals surface area contributed by atoms with E-state index in [1.54, 1.807) is 19.2 Å². The molecule has 0 heterocycles. The molecule has 0 bridgehead atoms. The highest BCUT2D eigenvalue weighted by Crippen LogP contribution is 2.14. The van der Waals surface area contributed by atoms with E-state index in [0.717, 1.165) is 5.56 Å². The van der Waals surface area contributed by atoms with Crippen molar-refractivity contribution in [3.05, 3.63) is 29.8 Å². The third-order valence-electron chi connectivity index (χ3n) is 1.34. The molecule has 1 aromatic rings. The standard InChI is InChI=1S/C8H9NO2/c1-11-8-5-3-2-4-7(8)6-9-10/h2-6,10H,1H3/b9-6+. The number of oxime groups is 1. The molecule has 11 heavy (non-hydrogen) atoms. The number of ether oxygens (including phenoxy) is 1. The van der Waals surface area contributed by atoms with E-state index in [2.05, 4.69) is 5.16 Å². The second-order valence-corrected chi connectivity index (χ2v) is 1.99. The Balaban J connectivity index is 3.02. The molecule has 0 fully saturated rings. The SMILES string of the molecule is COc1ccccc1/C=N/O. The lowest BCUT2D eigenvalue weighted by atomic mass is 10.2. The molecule has 0 saturated carbocycles. The van der Waals surface area contributed by atoms with Gasteiger partial charge in [0.1, 0.15) is 5.75 Å². The molecule has 1 aromatic carbocycles. The average molecular weight is 151 g/mol. The van der Waals surface area contributed by atoms with Crippen LogP contribution in [0.5, 0.6) is 5.75 Å². The van der Waals surface area contributed by atoms with E-state index in [-0.39, 0.29) is 0 Å². The van der Waals surface area contributed by atoms with Crippen LogP contribution in [0.1, 0.15) is 5.56 Å². The molecule has 0 aromatic heterocycles. The van der Waals surface area contributed by atoms with E-state index >= 15 is 0 Å². The van der Waals surface area contributed by atoms with Gasteiger partial charge in [-0.15, -0.1) is 0 Å². The Morgan fingerprint density at radius 2 is 2.18 bits per heavy atom. The minimum absolute atomic E-state index is 0.699. The number of hydrogen-bond acceptors (Lipinski definition) is 3. The first-order valence-electron chi connectivity index (χ1n) is 3.19. The summed E-state index contributed by atoms with van der Waals surface area (Å²) in [6, 6.07) is 7.31. The van der Waals surface area contributed by atoms with Gasteiger partial charge in [0.15, 0.2) is 0 Å². The highest BCUT2D eigenvalue weighted by Gasteiger charge is 1.95. The van der Waals surface area contributed by atoms with Crippen LogP contribution in [-0.2, 0) is 0 Å². The van der Waals surface area contributed by atoms with E-state index in [0.29, 0.717) is 5.75 Å². The zero-order valence-electron chi connectivity index (χ0n) is 6.19. The molecule has 0 aliphatic carbocycles. The summed E-state index contributed by atoms with van der Waals surface area (Å²) in [4.78, 5) is 0. The number of nitrogens with zero attached hydrogens (tertiary/aromatic N) is 1. The number of methoxy groups -OCH3 is 1. The van der Waals surface area contributed by atoms with Crippen LogP contribution in [0, 0.1) is 0 Å². The van der Waals surface area contributed by atoms with Crippen LogP contribution in [-0.4, -0.2) is 18.5 Å². The van der Waals surface area contributed by atoms with Gasteiger partial charge in [0.2, 0.25) is 0 Å². The molecule has 3 heteroatoms. The van der Waals surface area contributed by atoms with Crippen molar-refractivity contribution in [2.45, 2.75) is 0 Å². The number of benzene rings is 1. The highest BCUT2D eigenvalue weighted by atomic mass is 16.5. The van der Waals surface area contributed by atoms with Gasteiger partial charge >= 0.3 is 0 Å². The van der Waals surface area contributed by atoms with Crippen LogP contribution in [0.4, 0.5) is 0 Å². The fourth-order valence-electron chi connectivity index (χ4n) is 0.835. The fraction of sp³-hybridized carbons (Fsp3) is 0.125. The lowest BCUT2D eigenvalue weighted by molar-refractivity contribution is 0.321. The van der Waals surface area contributed by atoms with E-state index < -0.39 is 0 Å².